The molecule has 3 N–H and O–H groups in total. The molecule has 0 atom stereocenters. The number of carbonyl (C=O) groups is 2. The molecule has 7 nitrogen and oxygen atoms in total. The Balaban J connectivity index is 1.65. The Kier molecular flexibility index (Phi) is 8.01. The molecular weight excluding hydrogens is 457 g/mol. The van der Waals surface area contributed by atoms with Gasteiger partial charge in [0.1, 0.15) is 5.82 Å². The van der Waals surface area contributed by atoms with Crippen LogP contribution in [-0.2, 0) is 21.4 Å². The largest absolute Gasteiger partial charge is 0.348 e. The normalized spacial score (nSPS) is 11.2. The van der Waals surface area contributed by atoms with Crippen LogP contribution in [0.3, 0.4) is 0 Å². The quantitative estimate of drug-likeness (QED) is 0.416. The fourth-order valence-corrected chi connectivity index (χ4v) is 4.27. The zero-order chi connectivity index (χ0) is 24.7. The summed E-state index contributed by atoms with van der Waals surface area (Å²) in [6, 6.07) is 17.7. The Morgan fingerprint density at radius 1 is 0.912 bits per heavy atom. The Bertz CT molecular complexity index is 1280. The lowest BCUT2D eigenvalue weighted by atomic mass is 10.1. The number of sulfonamides is 1. The van der Waals surface area contributed by atoms with Crippen molar-refractivity contribution in [1.82, 2.24) is 5.32 Å². The number of anilines is 2. The summed E-state index contributed by atoms with van der Waals surface area (Å²) < 4.78 is 40.7. The van der Waals surface area contributed by atoms with Crippen molar-refractivity contribution in [2.75, 3.05) is 10.0 Å². The molecule has 0 bridgehead atoms. The second kappa shape index (κ2) is 10.9. The first-order valence-corrected chi connectivity index (χ1v) is 12.2. The van der Waals surface area contributed by atoms with E-state index in [0.29, 0.717) is 12.1 Å². The summed E-state index contributed by atoms with van der Waals surface area (Å²) in [5, 5.41) is 5.59. The van der Waals surface area contributed by atoms with Crippen LogP contribution in [0.4, 0.5) is 15.8 Å². The van der Waals surface area contributed by atoms with Crippen molar-refractivity contribution in [3.63, 3.8) is 0 Å². The van der Waals surface area contributed by atoms with Crippen molar-refractivity contribution in [1.29, 1.82) is 0 Å². The fraction of sp³-hybridized carbons (Fsp3) is 0.200. The van der Waals surface area contributed by atoms with Crippen LogP contribution in [0.5, 0.6) is 0 Å². The molecule has 3 aromatic carbocycles. The lowest BCUT2D eigenvalue weighted by Gasteiger charge is -2.11. The van der Waals surface area contributed by atoms with E-state index in [1.165, 1.54) is 36.4 Å². The van der Waals surface area contributed by atoms with Gasteiger partial charge in [0.15, 0.2) is 0 Å². The van der Waals surface area contributed by atoms with Crippen LogP contribution in [0.15, 0.2) is 77.7 Å². The average molecular weight is 484 g/mol. The van der Waals surface area contributed by atoms with E-state index in [4.69, 9.17) is 0 Å². The Morgan fingerprint density at radius 3 is 2.32 bits per heavy atom. The van der Waals surface area contributed by atoms with Gasteiger partial charge in [0.2, 0.25) is 5.91 Å². The average Bonchev–Trinajstić information content (AvgIpc) is 2.78. The topological polar surface area (TPSA) is 104 Å². The number of halogens is 1. The molecule has 0 fully saturated rings. The molecule has 9 heteroatoms. The SMILES string of the molecule is CC(C)CC(=O)Nc1cccc(CNC(=O)c2cccc(S(=O)(=O)Nc3ccc(F)cc3)c2)c1. The summed E-state index contributed by atoms with van der Waals surface area (Å²) in [6.07, 6.45) is 0.413. The number of rotatable bonds is 9. The highest BCUT2D eigenvalue weighted by atomic mass is 32.2. The molecule has 0 aliphatic heterocycles. The highest BCUT2D eigenvalue weighted by molar-refractivity contribution is 7.92. The number of hydrogen-bond acceptors (Lipinski definition) is 4. The molecule has 0 aliphatic carbocycles. The van der Waals surface area contributed by atoms with Crippen molar-refractivity contribution < 1.29 is 22.4 Å². The van der Waals surface area contributed by atoms with Crippen LogP contribution in [0.2, 0.25) is 0 Å². The van der Waals surface area contributed by atoms with E-state index in [9.17, 15) is 22.4 Å². The van der Waals surface area contributed by atoms with Gasteiger partial charge in [-0.1, -0.05) is 32.0 Å². The number of nitrogens with one attached hydrogen (secondary N) is 3. The van der Waals surface area contributed by atoms with Crippen LogP contribution in [-0.4, -0.2) is 20.2 Å². The van der Waals surface area contributed by atoms with Crippen molar-refractivity contribution in [3.05, 3.63) is 89.7 Å². The predicted molar refractivity (Wildman–Crippen MR) is 129 cm³/mol. The van der Waals surface area contributed by atoms with Gasteiger partial charge in [-0.15, -0.1) is 0 Å². The third-order valence-corrected chi connectivity index (χ3v) is 6.14. The van der Waals surface area contributed by atoms with Gasteiger partial charge < -0.3 is 10.6 Å². The first-order valence-electron chi connectivity index (χ1n) is 10.7. The molecular formula is C25H26FN3O4S. The highest BCUT2D eigenvalue weighted by Gasteiger charge is 2.17. The van der Waals surface area contributed by atoms with Gasteiger partial charge in [0.25, 0.3) is 15.9 Å². The van der Waals surface area contributed by atoms with Gasteiger partial charge >= 0.3 is 0 Å². The van der Waals surface area contributed by atoms with Crippen molar-refractivity contribution >= 4 is 33.2 Å². The molecule has 0 radical (unpaired) electrons. The maximum Gasteiger partial charge on any atom is 0.261 e. The van der Waals surface area contributed by atoms with Crippen LogP contribution in [0, 0.1) is 11.7 Å². The Labute approximate surface area is 198 Å². The molecule has 0 aromatic heterocycles. The van der Waals surface area contributed by atoms with E-state index in [0.717, 1.165) is 17.7 Å². The first-order chi connectivity index (χ1) is 16.1. The number of amides is 2. The maximum absolute atomic E-state index is 13.1. The molecule has 0 heterocycles. The van der Waals surface area contributed by atoms with Crippen molar-refractivity contribution in [2.24, 2.45) is 5.92 Å². The minimum atomic E-state index is -3.97. The summed E-state index contributed by atoms with van der Waals surface area (Å²) in [7, 11) is -3.97. The first kappa shape index (κ1) is 24.9. The molecule has 0 spiro atoms. The number of benzene rings is 3. The van der Waals surface area contributed by atoms with Gasteiger partial charge in [0, 0.05) is 29.9 Å². The molecule has 178 valence electrons. The summed E-state index contributed by atoms with van der Waals surface area (Å²) in [5.74, 6) is -0.769. The Hall–Kier alpha value is -3.72. The van der Waals surface area contributed by atoms with Crippen LogP contribution >= 0.6 is 0 Å². The molecule has 0 saturated heterocycles. The van der Waals surface area contributed by atoms with Crippen LogP contribution in [0.1, 0.15) is 36.2 Å². The molecule has 3 aromatic rings. The minimum absolute atomic E-state index is 0.0801. The summed E-state index contributed by atoms with van der Waals surface area (Å²) >= 11 is 0. The predicted octanol–water partition coefficient (Wildman–Crippen LogP) is 4.54. The lowest BCUT2D eigenvalue weighted by molar-refractivity contribution is -0.116. The highest BCUT2D eigenvalue weighted by Crippen LogP contribution is 2.18. The van der Waals surface area contributed by atoms with E-state index >= 15 is 0 Å². The van der Waals surface area contributed by atoms with Crippen molar-refractivity contribution in [3.8, 4) is 0 Å². The molecule has 0 saturated carbocycles. The van der Waals surface area contributed by atoms with Gasteiger partial charge in [-0.3, -0.25) is 14.3 Å². The molecule has 0 aliphatic rings. The number of hydrogen-bond donors (Lipinski definition) is 3. The minimum Gasteiger partial charge on any atom is -0.348 e. The van der Waals surface area contributed by atoms with E-state index in [2.05, 4.69) is 15.4 Å². The second-order valence-corrected chi connectivity index (χ2v) is 9.85. The van der Waals surface area contributed by atoms with E-state index in [1.807, 2.05) is 19.9 Å². The lowest BCUT2D eigenvalue weighted by Crippen LogP contribution is -2.23. The molecule has 0 unspecified atom stereocenters. The van der Waals surface area contributed by atoms with E-state index in [-0.39, 0.29) is 34.5 Å². The smallest absolute Gasteiger partial charge is 0.261 e. The maximum atomic E-state index is 13.1. The zero-order valence-corrected chi connectivity index (χ0v) is 19.7. The third-order valence-electron chi connectivity index (χ3n) is 4.76. The summed E-state index contributed by atoms with van der Waals surface area (Å²) in [4.78, 5) is 24.5. The molecule has 2 amide bonds. The summed E-state index contributed by atoms with van der Waals surface area (Å²) in [5.41, 5.74) is 1.79. The molecule has 34 heavy (non-hydrogen) atoms. The van der Waals surface area contributed by atoms with Crippen molar-refractivity contribution in [2.45, 2.75) is 31.7 Å². The van der Waals surface area contributed by atoms with Crippen LogP contribution < -0.4 is 15.4 Å². The second-order valence-electron chi connectivity index (χ2n) is 8.17. The van der Waals surface area contributed by atoms with Gasteiger partial charge in [-0.25, -0.2) is 12.8 Å². The Morgan fingerprint density at radius 2 is 1.62 bits per heavy atom. The standard InChI is InChI=1S/C25H26FN3O4S/c1-17(2)13-24(30)28-22-7-3-5-18(14-22)16-27-25(31)19-6-4-8-23(15-19)34(32,33)29-21-11-9-20(26)10-12-21/h3-12,14-15,17,29H,13,16H2,1-2H3,(H,27,31)(H,28,30). The monoisotopic (exact) mass is 483 g/mol. The van der Waals surface area contributed by atoms with Gasteiger partial charge in [-0.05, 0) is 66.1 Å². The fourth-order valence-electron chi connectivity index (χ4n) is 3.16. The van der Waals surface area contributed by atoms with E-state index in [1.54, 1.807) is 18.2 Å². The number of carbonyl (C=O) groups excluding carboxylic acids is 2. The van der Waals surface area contributed by atoms with E-state index < -0.39 is 21.7 Å². The van der Waals surface area contributed by atoms with Crippen LogP contribution in [0.25, 0.3) is 0 Å². The van der Waals surface area contributed by atoms with Gasteiger partial charge in [0.05, 0.1) is 4.90 Å². The van der Waals surface area contributed by atoms with Gasteiger partial charge in [-0.2, -0.15) is 0 Å². The third kappa shape index (κ3) is 7.14. The summed E-state index contributed by atoms with van der Waals surface area (Å²) in [6.45, 7) is 4.12. The molecule has 3 rings (SSSR count). The zero-order valence-electron chi connectivity index (χ0n) is 18.8.